The van der Waals surface area contributed by atoms with Crippen LogP contribution in [0, 0.1) is 5.41 Å². The zero-order valence-electron chi connectivity index (χ0n) is 18.5. The van der Waals surface area contributed by atoms with Crippen LogP contribution in [0.5, 0.6) is 11.5 Å². The lowest BCUT2D eigenvalue weighted by atomic mass is 9.96. The Labute approximate surface area is 177 Å². The fourth-order valence-electron chi connectivity index (χ4n) is 2.31. The van der Waals surface area contributed by atoms with E-state index in [0.717, 1.165) is 6.42 Å². The lowest BCUT2D eigenvalue weighted by molar-refractivity contribution is -0.128. The van der Waals surface area contributed by atoms with Crippen LogP contribution in [-0.4, -0.2) is 44.7 Å². The Kier molecular flexibility index (Phi) is 10.9. The second-order valence-electron chi connectivity index (χ2n) is 7.62. The van der Waals surface area contributed by atoms with Gasteiger partial charge in [-0.1, -0.05) is 27.7 Å². The van der Waals surface area contributed by atoms with Gasteiger partial charge in [0, 0.05) is 36.7 Å². The molecule has 0 heterocycles. The molecule has 1 rings (SSSR count). The third kappa shape index (κ3) is 9.76. The predicted octanol–water partition coefficient (Wildman–Crippen LogP) is 3.29. The second kappa shape index (κ2) is 12.9. The molecule has 30 heavy (non-hydrogen) atoms. The van der Waals surface area contributed by atoms with Gasteiger partial charge in [0.15, 0.2) is 5.96 Å². The first kappa shape index (κ1) is 25.5. The maximum Gasteiger partial charge on any atom is 0.387 e. The third-order valence-corrected chi connectivity index (χ3v) is 3.86. The summed E-state index contributed by atoms with van der Waals surface area (Å²) in [4.78, 5) is 16.3. The van der Waals surface area contributed by atoms with Crippen LogP contribution < -0.4 is 25.4 Å². The van der Waals surface area contributed by atoms with Crippen LogP contribution in [0.25, 0.3) is 0 Å². The zero-order valence-corrected chi connectivity index (χ0v) is 18.5. The van der Waals surface area contributed by atoms with E-state index in [9.17, 15) is 13.6 Å². The van der Waals surface area contributed by atoms with Crippen molar-refractivity contribution < 1.29 is 23.0 Å². The zero-order chi connectivity index (χ0) is 22.6. The molecule has 0 radical (unpaired) electrons. The molecule has 7 nitrogen and oxygen atoms in total. The molecule has 1 amide bonds. The summed E-state index contributed by atoms with van der Waals surface area (Å²) < 4.78 is 35.7. The molecule has 9 heteroatoms. The highest BCUT2D eigenvalue weighted by Gasteiger charge is 2.20. The van der Waals surface area contributed by atoms with Gasteiger partial charge in [-0.05, 0) is 25.5 Å². The van der Waals surface area contributed by atoms with Crippen molar-refractivity contribution in [3.8, 4) is 11.5 Å². The molecule has 0 aliphatic heterocycles. The molecule has 170 valence electrons. The van der Waals surface area contributed by atoms with Gasteiger partial charge in [0.2, 0.25) is 5.91 Å². The van der Waals surface area contributed by atoms with Gasteiger partial charge in [-0.3, -0.25) is 4.79 Å². The number of amides is 1. The van der Waals surface area contributed by atoms with Gasteiger partial charge in [-0.2, -0.15) is 8.78 Å². The molecule has 0 saturated heterocycles. The number of aliphatic imine (C=N–C) groups is 1. The van der Waals surface area contributed by atoms with Crippen molar-refractivity contribution >= 4 is 11.9 Å². The Bertz CT molecular complexity index is 691. The molecule has 0 spiro atoms. The highest BCUT2D eigenvalue weighted by molar-refractivity contribution is 5.81. The Balaban J connectivity index is 2.76. The predicted molar refractivity (Wildman–Crippen MR) is 114 cm³/mol. The summed E-state index contributed by atoms with van der Waals surface area (Å²) in [5.41, 5.74) is 0.0598. The van der Waals surface area contributed by atoms with E-state index < -0.39 is 12.0 Å². The SMILES string of the molecule is CCCOc1ccc(CN=C(NCC)NCCNC(=O)C(C)(C)C)c(OC(F)F)c1. The second-order valence-corrected chi connectivity index (χ2v) is 7.62. The molecule has 0 unspecified atom stereocenters. The largest absolute Gasteiger partial charge is 0.493 e. The van der Waals surface area contributed by atoms with Crippen LogP contribution in [0.3, 0.4) is 0 Å². The fraction of sp³-hybridized carbons (Fsp3) is 0.619. The van der Waals surface area contributed by atoms with Crippen molar-refractivity contribution in [2.75, 3.05) is 26.2 Å². The summed E-state index contributed by atoms with van der Waals surface area (Å²) >= 11 is 0. The van der Waals surface area contributed by atoms with Crippen LogP contribution in [0.2, 0.25) is 0 Å². The molecule has 0 aliphatic carbocycles. The minimum absolute atomic E-state index is 0.0367. The summed E-state index contributed by atoms with van der Waals surface area (Å²) in [6, 6.07) is 4.83. The molecule has 1 aromatic carbocycles. The van der Waals surface area contributed by atoms with E-state index in [2.05, 4.69) is 25.7 Å². The van der Waals surface area contributed by atoms with Crippen LogP contribution in [0.4, 0.5) is 8.78 Å². The molecule has 3 N–H and O–H groups in total. The van der Waals surface area contributed by atoms with Crippen molar-refractivity contribution in [2.45, 2.75) is 54.2 Å². The molecule has 0 saturated carbocycles. The molecular weight excluding hydrogens is 394 g/mol. The van der Waals surface area contributed by atoms with Crippen molar-refractivity contribution in [1.29, 1.82) is 0 Å². The first-order valence-electron chi connectivity index (χ1n) is 10.2. The van der Waals surface area contributed by atoms with Crippen LogP contribution in [0.15, 0.2) is 23.2 Å². The number of guanidine groups is 1. The highest BCUT2D eigenvalue weighted by atomic mass is 19.3. The maximum absolute atomic E-state index is 12.8. The summed E-state index contributed by atoms with van der Waals surface area (Å²) in [7, 11) is 0. The number of hydrogen-bond donors (Lipinski definition) is 3. The van der Waals surface area contributed by atoms with Crippen molar-refractivity contribution in [2.24, 2.45) is 10.4 Å². The standard InChI is InChI=1S/C21H34F2N4O3/c1-6-12-29-16-9-8-15(17(13-16)30-19(22)23)14-27-20(24-7-2)26-11-10-25-18(28)21(3,4)5/h8-9,13,19H,6-7,10-12,14H2,1-5H3,(H,25,28)(H2,24,26,27). The number of nitrogens with zero attached hydrogens (tertiary/aromatic N) is 1. The minimum Gasteiger partial charge on any atom is -0.493 e. The lowest BCUT2D eigenvalue weighted by Gasteiger charge is -2.18. The maximum atomic E-state index is 12.8. The van der Waals surface area contributed by atoms with Gasteiger partial charge in [-0.25, -0.2) is 4.99 Å². The van der Waals surface area contributed by atoms with Crippen molar-refractivity contribution in [1.82, 2.24) is 16.0 Å². The number of nitrogens with one attached hydrogen (secondary N) is 3. The summed E-state index contributed by atoms with van der Waals surface area (Å²) in [5.74, 6) is 0.984. The Morgan fingerprint density at radius 2 is 1.83 bits per heavy atom. The fourth-order valence-corrected chi connectivity index (χ4v) is 2.31. The number of carbonyl (C=O) groups is 1. The average molecular weight is 429 g/mol. The van der Waals surface area contributed by atoms with E-state index in [1.807, 2.05) is 34.6 Å². The summed E-state index contributed by atoms with van der Waals surface area (Å²) in [6.45, 7) is 8.65. The number of alkyl halides is 2. The Morgan fingerprint density at radius 3 is 2.43 bits per heavy atom. The monoisotopic (exact) mass is 428 g/mol. The van der Waals surface area contributed by atoms with Gasteiger partial charge < -0.3 is 25.4 Å². The molecule has 0 bridgehead atoms. The number of benzene rings is 1. The molecule has 0 atom stereocenters. The third-order valence-electron chi connectivity index (χ3n) is 3.86. The van der Waals surface area contributed by atoms with Crippen LogP contribution in [0.1, 0.15) is 46.6 Å². The van der Waals surface area contributed by atoms with Gasteiger partial charge in [0.25, 0.3) is 0 Å². The Hall–Kier alpha value is -2.58. The van der Waals surface area contributed by atoms with Gasteiger partial charge in [0.1, 0.15) is 11.5 Å². The number of carbonyl (C=O) groups excluding carboxylic acids is 1. The van der Waals surface area contributed by atoms with Crippen molar-refractivity contribution in [3.05, 3.63) is 23.8 Å². The van der Waals surface area contributed by atoms with E-state index in [1.54, 1.807) is 12.1 Å². The van der Waals surface area contributed by atoms with Crippen LogP contribution in [-0.2, 0) is 11.3 Å². The molecule has 0 fully saturated rings. The van der Waals surface area contributed by atoms with Gasteiger partial charge in [-0.15, -0.1) is 0 Å². The normalized spacial score (nSPS) is 11.9. The van der Waals surface area contributed by atoms with Crippen molar-refractivity contribution in [3.63, 3.8) is 0 Å². The van der Waals surface area contributed by atoms with E-state index in [-0.39, 0.29) is 18.2 Å². The molecule has 1 aromatic rings. The highest BCUT2D eigenvalue weighted by Crippen LogP contribution is 2.27. The van der Waals surface area contributed by atoms with Gasteiger partial charge >= 0.3 is 6.61 Å². The molecular formula is C21H34F2N4O3. The van der Waals surface area contributed by atoms with E-state index >= 15 is 0 Å². The van der Waals surface area contributed by atoms with E-state index in [1.165, 1.54) is 6.07 Å². The summed E-state index contributed by atoms with van der Waals surface area (Å²) in [5, 5.41) is 9.04. The lowest BCUT2D eigenvalue weighted by Crippen LogP contribution is -2.43. The average Bonchev–Trinajstić information content (AvgIpc) is 2.67. The number of ether oxygens (including phenoxy) is 2. The quantitative estimate of drug-likeness (QED) is 0.286. The number of hydrogen-bond acceptors (Lipinski definition) is 4. The number of halogens is 2. The first-order valence-corrected chi connectivity index (χ1v) is 10.2. The number of rotatable bonds is 11. The summed E-state index contributed by atoms with van der Waals surface area (Å²) in [6.07, 6.45) is 0.811. The first-order chi connectivity index (χ1) is 14.2. The van der Waals surface area contributed by atoms with E-state index in [0.29, 0.717) is 43.5 Å². The minimum atomic E-state index is -2.94. The molecule has 0 aliphatic rings. The van der Waals surface area contributed by atoms with E-state index in [4.69, 9.17) is 4.74 Å². The molecule has 0 aromatic heterocycles. The Morgan fingerprint density at radius 1 is 1.13 bits per heavy atom. The van der Waals surface area contributed by atoms with Gasteiger partial charge in [0.05, 0.1) is 13.2 Å². The topological polar surface area (TPSA) is 84.0 Å². The smallest absolute Gasteiger partial charge is 0.387 e. The van der Waals surface area contributed by atoms with Crippen LogP contribution >= 0.6 is 0 Å².